The molecule has 1 aliphatic rings. The molecule has 4 heteroatoms. The van der Waals surface area contributed by atoms with Crippen LogP contribution in [0.1, 0.15) is 29.3 Å². The number of aliphatic hydroxyl groups is 1. The average molecular weight is 235 g/mol. The van der Waals surface area contributed by atoms with Gasteiger partial charge in [0.2, 0.25) is 0 Å². The van der Waals surface area contributed by atoms with Gasteiger partial charge in [-0.15, -0.1) is 0 Å². The zero-order chi connectivity index (χ0) is 12.4. The van der Waals surface area contributed by atoms with Gasteiger partial charge in [0.15, 0.2) is 0 Å². The summed E-state index contributed by atoms with van der Waals surface area (Å²) in [6.07, 6.45) is 0.999. The van der Waals surface area contributed by atoms with E-state index in [0.717, 1.165) is 12.0 Å². The topological polar surface area (TPSA) is 60.8 Å². The Kier molecular flexibility index (Phi) is 3.33. The smallest absolute Gasteiger partial charge is 0.257 e. The van der Waals surface area contributed by atoms with E-state index in [1.807, 2.05) is 13.0 Å². The number of phenolic OH excluding ortho intramolecular Hbond substituents is 1. The maximum Gasteiger partial charge on any atom is 0.257 e. The van der Waals surface area contributed by atoms with Crippen molar-refractivity contribution in [1.82, 2.24) is 4.90 Å². The maximum atomic E-state index is 12.1. The summed E-state index contributed by atoms with van der Waals surface area (Å²) in [6, 6.07) is 5.09. The molecular weight excluding hydrogens is 218 g/mol. The van der Waals surface area contributed by atoms with Crippen LogP contribution in [0.15, 0.2) is 18.2 Å². The number of likely N-dealkylation sites (tertiary alicyclic amines) is 1. The average Bonchev–Trinajstić information content (AvgIpc) is 2.76. The van der Waals surface area contributed by atoms with Gasteiger partial charge in [-0.05, 0) is 30.5 Å². The Balaban J connectivity index is 2.24. The summed E-state index contributed by atoms with van der Waals surface area (Å²) >= 11 is 0. The van der Waals surface area contributed by atoms with Gasteiger partial charge in [0.05, 0.1) is 11.7 Å². The van der Waals surface area contributed by atoms with E-state index in [-0.39, 0.29) is 11.7 Å². The van der Waals surface area contributed by atoms with Crippen LogP contribution in [-0.4, -0.2) is 40.2 Å². The van der Waals surface area contributed by atoms with Crippen LogP contribution in [0.4, 0.5) is 0 Å². The predicted octanol–water partition coefficient (Wildman–Crippen LogP) is 1.16. The first-order valence-electron chi connectivity index (χ1n) is 5.91. The molecule has 1 aromatic carbocycles. The summed E-state index contributed by atoms with van der Waals surface area (Å²) in [5.74, 6) is -0.192. The molecule has 1 aliphatic heterocycles. The molecule has 1 fully saturated rings. The van der Waals surface area contributed by atoms with Gasteiger partial charge in [0, 0.05) is 13.1 Å². The minimum Gasteiger partial charge on any atom is -0.507 e. The molecule has 0 aliphatic carbocycles. The van der Waals surface area contributed by atoms with E-state index < -0.39 is 6.10 Å². The number of carbonyl (C=O) groups is 1. The molecule has 1 amide bonds. The lowest BCUT2D eigenvalue weighted by molar-refractivity contribution is 0.0762. The van der Waals surface area contributed by atoms with Crippen molar-refractivity contribution >= 4 is 5.91 Å². The molecule has 0 unspecified atom stereocenters. The van der Waals surface area contributed by atoms with Crippen LogP contribution in [-0.2, 0) is 6.42 Å². The van der Waals surface area contributed by atoms with Crippen molar-refractivity contribution in [3.8, 4) is 5.75 Å². The number of amides is 1. The lowest BCUT2D eigenvalue weighted by atomic mass is 10.1. The highest BCUT2D eigenvalue weighted by molar-refractivity contribution is 5.97. The third-order valence-corrected chi connectivity index (χ3v) is 3.15. The van der Waals surface area contributed by atoms with Crippen LogP contribution >= 0.6 is 0 Å². The number of hydrogen-bond donors (Lipinski definition) is 2. The monoisotopic (exact) mass is 235 g/mol. The molecule has 0 spiro atoms. The first-order chi connectivity index (χ1) is 8.11. The van der Waals surface area contributed by atoms with Gasteiger partial charge in [-0.2, -0.15) is 0 Å². The second-order valence-electron chi connectivity index (χ2n) is 4.40. The molecule has 0 bridgehead atoms. The quantitative estimate of drug-likeness (QED) is 0.808. The highest BCUT2D eigenvalue weighted by atomic mass is 16.3. The second kappa shape index (κ2) is 4.75. The van der Waals surface area contributed by atoms with Crippen LogP contribution in [0.3, 0.4) is 0 Å². The van der Waals surface area contributed by atoms with Crippen molar-refractivity contribution in [1.29, 1.82) is 0 Å². The van der Waals surface area contributed by atoms with Crippen LogP contribution in [0.2, 0.25) is 0 Å². The minimum absolute atomic E-state index is 0.00795. The largest absolute Gasteiger partial charge is 0.507 e. The molecule has 0 aromatic heterocycles. The van der Waals surface area contributed by atoms with E-state index >= 15 is 0 Å². The molecule has 1 atom stereocenters. The number of aromatic hydroxyl groups is 1. The van der Waals surface area contributed by atoms with Gasteiger partial charge in [0.25, 0.3) is 5.91 Å². The molecule has 1 heterocycles. The molecule has 17 heavy (non-hydrogen) atoms. The van der Waals surface area contributed by atoms with Crippen LogP contribution in [0, 0.1) is 0 Å². The zero-order valence-corrected chi connectivity index (χ0v) is 9.89. The third-order valence-electron chi connectivity index (χ3n) is 3.15. The molecular formula is C13H17NO3. The zero-order valence-electron chi connectivity index (χ0n) is 9.89. The van der Waals surface area contributed by atoms with Gasteiger partial charge >= 0.3 is 0 Å². The van der Waals surface area contributed by atoms with Gasteiger partial charge in [-0.25, -0.2) is 0 Å². The van der Waals surface area contributed by atoms with Gasteiger partial charge in [-0.3, -0.25) is 4.79 Å². The Morgan fingerprint density at radius 3 is 2.88 bits per heavy atom. The van der Waals surface area contributed by atoms with Crippen molar-refractivity contribution in [2.24, 2.45) is 0 Å². The van der Waals surface area contributed by atoms with E-state index in [1.54, 1.807) is 17.0 Å². The maximum absolute atomic E-state index is 12.1. The molecule has 4 nitrogen and oxygen atoms in total. The van der Waals surface area contributed by atoms with E-state index in [2.05, 4.69) is 0 Å². The summed E-state index contributed by atoms with van der Waals surface area (Å²) in [5, 5.41) is 19.1. The van der Waals surface area contributed by atoms with Gasteiger partial charge < -0.3 is 15.1 Å². The van der Waals surface area contributed by atoms with E-state index in [0.29, 0.717) is 25.1 Å². The summed E-state index contributed by atoms with van der Waals surface area (Å²) in [5.41, 5.74) is 1.35. The summed E-state index contributed by atoms with van der Waals surface area (Å²) in [4.78, 5) is 13.7. The minimum atomic E-state index is -0.435. The number of rotatable bonds is 2. The van der Waals surface area contributed by atoms with Crippen LogP contribution in [0.5, 0.6) is 5.75 Å². The Labute approximate surface area is 100 Å². The SMILES string of the molecule is CCc1ccc(O)c(C(=O)N2CC[C@H](O)C2)c1. The van der Waals surface area contributed by atoms with Crippen molar-refractivity contribution in [3.05, 3.63) is 29.3 Å². The fourth-order valence-electron chi connectivity index (χ4n) is 2.07. The fraction of sp³-hybridized carbons (Fsp3) is 0.462. The predicted molar refractivity (Wildman–Crippen MR) is 64.0 cm³/mol. The molecule has 0 saturated carbocycles. The molecule has 2 rings (SSSR count). The summed E-state index contributed by atoms with van der Waals surface area (Å²) in [7, 11) is 0. The Morgan fingerprint density at radius 1 is 1.53 bits per heavy atom. The molecule has 1 aromatic rings. The van der Waals surface area contributed by atoms with E-state index in [9.17, 15) is 15.0 Å². The standard InChI is InChI=1S/C13H17NO3/c1-2-9-3-4-12(16)11(7-9)13(17)14-6-5-10(15)8-14/h3-4,7,10,15-16H,2,5-6,8H2,1H3/t10-/m0/s1. The number of phenols is 1. The number of carbonyl (C=O) groups excluding carboxylic acids is 1. The first kappa shape index (κ1) is 11.9. The van der Waals surface area contributed by atoms with E-state index in [1.165, 1.54) is 0 Å². The third kappa shape index (κ3) is 2.42. The number of aliphatic hydroxyl groups excluding tert-OH is 1. The normalized spacial score (nSPS) is 19.6. The Bertz CT molecular complexity index is 431. The fourth-order valence-corrected chi connectivity index (χ4v) is 2.07. The molecule has 92 valence electrons. The molecule has 2 N–H and O–H groups in total. The first-order valence-corrected chi connectivity index (χ1v) is 5.91. The summed E-state index contributed by atoms with van der Waals surface area (Å²) in [6.45, 7) is 2.91. The summed E-state index contributed by atoms with van der Waals surface area (Å²) < 4.78 is 0. The number of hydrogen-bond acceptors (Lipinski definition) is 3. The van der Waals surface area contributed by atoms with Gasteiger partial charge in [-0.1, -0.05) is 13.0 Å². The van der Waals surface area contributed by atoms with Gasteiger partial charge in [0.1, 0.15) is 5.75 Å². The number of nitrogens with zero attached hydrogens (tertiary/aromatic N) is 1. The van der Waals surface area contributed by atoms with Crippen molar-refractivity contribution < 1.29 is 15.0 Å². The lowest BCUT2D eigenvalue weighted by Crippen LogP contribution is -2.29. The van der Waals surface area contributed by atoms with Crippen LogP contribution in [0.25, 0.3) is 0 Å². The van der Waals surface area contributed by atoms with Crippen molar-refractivity contribution in [2.45, 2.75) is 25.9 Å². The highest BCUT2D eigenvalue weighted by Crippen LogP contribution is 2.22. The lowest BCUT2D eigenvalue weighted by Gasteiger charge is -2.16. The molecule has 0 radical (unpaired) electrons. The number of β-amino-alcohol motifs (C(OH)–C–C–N with tert-alkyl or cyclic N) is 1. The van der Waals surface area contributed by atoms with Crippen molar-refractivity contribution in [3.63, 3.8) is 0 Å². The molecule has 1 saturated heterocycles. The van der Waals surface area contributed by atoms with Crippen LogP contribution < -0.4 is 0 Å². The second-order valence-corrected chi connectivity index (χ2v) is 4.40. The number of aryl methyl sites for hydroxylation is 1. The van der Waals surface area contributed by atoms with E-state index in [4.69, 9.17) is 0 Å². The Hall–Kier alpha value is -1.55. The van der Waals surface area contributed by atoms with Crippen molar-refractivity contribution in [2.75, 3.05) is 13.1 Å². The number of benzene rings is 1. The Morgan fingerprint density at radius 2 is 2.29 bits per heavy atom. The highest BCUT2D eigenvalue weighted by Gasteiger charge is 2.26.